The van der Waals surface area contributed by atoms with Gasteiger partial charge in [0.25, 0.3) is 0 Å². The van der Waals surface area contributed by atoms with Crippen LogP contribution in [0.3, 0.4) is 0 Å². The van der Waals surface area contributed by atoms with E-state index < -0.39 is 0 Å². The number of pyridine rings is 3. The maximum absolute atomic E-state index is 11.8. The van der Waals surface area contributed by atoms with Crippen molar-refractivity contribution in [3.8, 4) is 22.5 Å². The van der Waals surface area contributed by atoms with Gasteiger partial charge in [-0.05, 0) is 31.4 Å². The zero-order valence-corrected chi connectivity index (χ0v) is 19.5. The number of hydrogen-bond acceptors (Lipinski definition) is 6. The number of H-pyrrole nitrogens is 2. The van der Waals surface area contributed by atoms with E-state index in [1.807, 2.05) is 37.8 Å². The molecule has 0 radical (unpaired) electrons. The molecule has 35 heavy (non-hydrogen) atoms. The van der Waals surface area contributed by atoms with E-state index in [9.17, 15) is 4.79 Å². The highest BCUT2D eigenvalue weighted by Crippen LogP contribution is 2.33. The summed E-state index contributed by atoms with van der Waals surface area (Å²) in [4.78, 5) is 39.3. The molecule has 0 spiro atoms. The van der Waals surface area contributed by atoms with Crippen molar-refractivity contribution < 1.29 is 4.79 Å². The van der Waals surface area contributed by atoms with E-state index in [1.54, 1.807) is 12.4 Å². The number of nitrogens with one attached hydrogen (secondary N) is 3. The quantitative estimate of drug-likeness (QED) is 0.339. The molecule has 5 aromatic heterocycles. The number of carbonyl (C=O) groups excluding carboxylic acids is 1. The van der Waals surface area contributed by atoms with Crippen LogP contribution in [-0.4, -0.2) is 48.9 Å². The van der Waals surface area contributed by atoms with E-state index in [1.165, 1.54) is 19.3 Å². The summed E-state index contributed by atoms with van der Waals surface area (Å²) in [7, 11) is 0. The molecule has 9 heteroatoms. The van der Waals surface area contributed by atoms with Crippen LogP contribution in [0, 0.1) is 0 Å². The summed E-state index contributed by atoms with van der Waals surface area (Å²) in [5.74, 6) is 0.729. The molecule has 1 aliphatic rings. The third-order valence-electron chi connectivity index (χ3n) is 6.53. The molecule has 0 unspecified atom stereocenters. The Morgan fingerprint density at radius 3 is 2.71 bits per heavy atom. The van der Waals surface area contributed by atoms with Gasteiger partial charge >= 0.3 is 0 Å². The standard InChI is InChI=1S/C26H26N8O/c1-2-23(35)31-18-8-16(10-27-12-18)17-9-19-20(13-30-25(19)29-11-17)26-32-21-14-28-15-22(24(21)33-26)34-6-4-3-5-7-34/h8-15H,2-7H2,1H3,(H,29,30)(H,31,35)(H,32,33). The van der Waals surface area contributed by atoms with Gasteiger partial charge in [0.15, 0.2) is 0 Å². The molecule has 0 atom stereocenters. The predicted molar refractivity (Wildman–Crippen MR) is 137 cm³/mol. The van der Waals surface area contributed by atoms with Crippen LogP contribution in [0.2, 0.25) is 0 Å². The Hall–Kier alpha value is -4.27. The largest absolute Gasteiger partial charge is 0.368 e. The maximum Gasteiger partial charge on any atom is 0.224 e. The van der Waals surface area contributed by atoms with E-state index in [0.29, 0.717) is 12.1 Å². The molecule has 176 valence electrons. The number of aromatic nitrogens is 6. The van der Waals surface area contributed by atoms with Gasteiger partial charge in [-0.3, -0.25) is 14.8 Å². The molecule has 1 amide bonds. The predicted octanol–water partition coefficient (Wildman–Crippen LogP) is 4.90. The number of fused-ring (bicyclic) bond motifs is 2. The fourth-order valence-corrected chi connectivity index (χ4v) is 4.69. The molecule has 6 rings (SSSR count). The lowest BCUT2D eigenvalue weighted by atomic mass is 10.1. The van der Waals surface area contributed by atoms with Crippen LogP contribution in [0.5, 0.6) is 0 Å². The van der Waals surface area contributed by atoms with Gasteiger partial charge in [-0.25, -0.2) is 9.97 Å². The fourth-order valence-electron chi connectivity index (χ4n) is 4.69. The van der Waals surface area contributed by atoms with Gasteiger partial charge in [0.1, 0.15) is 17.0 Å². The summed E-state index contributed by atoms with van der Waals surface area (Å²) in [5, 5.41) is 3.82. The van der Waals surface area contributed by atoms with Crippen LogP contribution in [0.15, 0.2) is 49.3 Å². The molecule has 0 saturated carbocycles. The average Bonchev–Trinajstić information content (AvgIpc) is 3.53. The Kier molecular flexibility index (Phi) is 5.36. The molecule has 3 N–H and O–H groups in total. The zero-order valence-electron chi connectivity index (χ0n) is 19.5. The Labute approximate surface area is 202 Å². The van der Waals surface area contributed by atoms with E-state index in [0.717, 1.165) is 63.4 Å². The van der Waals surface area contributed by atoms with Gasteiger partial charge in [-0.15, -0.1) is 0 Å². The molecule has 9 nitrogen and oxygen atoms in total. The number of aromatic amines is 2. The molecular weight excluding hydrogens is 440 g/mol. The number of nitrogens with zero attached hydrogens (tertiary/aromatic N) is 5. The number of hydrogen-bond donors (Lipinski definition) is 3. The minimum Gasteiger partial charge on any atom is -0.368 e. The van der Waals surface area contributed by atoms with Crippen molar-refractivity contribution in [1.29, 1.82) is 0 Å². The molecular formula is C26H26N8O. The molecule has 1 aliphatic heterocycles. The van der Waals surface area contributed by atoms with Crippen molar-refractivity contribution in [2.24, 2.45) is 0 Å². The lowest BCUT2D eigenvalue weighted by Crippen LogP contribution is -2.29. The minimum atomic E-state index is -0.0475. The van der Waals surface area contributed by atoms with E-state index in [2.05, 4.69) is 41.2 Å². The maximum atomic E-state index is 11.8. The van der Waals surface area contributed by atoms with Gasteiger partial charge in [0, 0.05) is 60.2 Å². The first-order valence-corrected chi connectivity index (χ1v) is 12.0. The molecule has 0 aliphatic carbocycles. The van der Waals surface area contributed by atoms with Crippen molar-refractivity contribution in [1.82, 2.24) is 29.9 Å². The Balaban J connectivity index is 1.39. The third kappa shape index (κ3) is 3.99. The summed E-state index contributed by atoms with van der Waals surface area (Å²) < 4.78 is 0. The fraction of sp³-hybridized carbons (Fsp3) is 0.269. The normalized spacial score (nSPS) is 14.0. The van der Waals surface area contributed by atoms with Crippen molar-refractivity contribution in [3.63, 3.8) is 0 Å². The minimum absolute atomic E-state index is 0.0475. The van der Waals surface area contributed by atoms with E-state index in [-0.39, 0.29) is 5.91 Å². The first-order valence-electron chi connectivity index (χ1n) is 12.0. The van der Waals surface area contributed by atoms with Crippen LogP contribution >= 0.6 is 0 Å². The van der Waals surface area contributed by atoms with Gasteiger partial charge < -0.3 is 20.2 Å². The van der Waals surface area contributed by atoms with E-state index >= 15 is 0 Å². The van der Waals surface area contributed by atoms with Crippen LogP contribution in [0.25, 0.3) is 44.6 Å². The number of rotatable bonds is 5. The first-order chi connectivity index (χ1) is 17.2. The van der Waals surface area contributed by atoms with Crippen molar-refractivity contribution in [3.05, 3.63) is 49.3 Å². The van der Waals surface area contributed by atoms with Crippen molar-refractivity contribution in [2.75, 3.05) is 23.3 Å². The van der Waals surface area contributed by atoms with Crippen molar-refractivity contribution in [2.45, 2.75) is 32.6 Å². The second-order valence-electron chi connectivity index (χ2n) is 8.87. The molecule has 0 aromatic carbocycles. The molecule has 1 saturated heterocycles. The van der Waals surface area contributed by atoms with Gasteiger partial charge in [0.2, 0.25) is 5.91 Å². The Bertz CT molecular complexity index is 1530. The Morgan fingerprint density at radius 2 is 1.86 bits per heavy atom. The average molecular weight is 467 g/mol. The summed E-state index contributed by atoms with van der Waals surface area (Å²) in [6.07, 6.45) is 15.0. The monoisotopic (exact) mass is 466 g/mol. The highest BCUT2D eigenvalue weighted by Gasteiger charge is 2.19. The van der Waals surface area contributed by atoms with Crippen LogP contribution < -0.4 is 10.2 Å². The van der Waals surface area contributed by atoms with E-state index in [4.69, 9.17) is 4.98 Å². The smallest absolute Gasteiger partial charge is 0.224 e. The Morgan fingerprint density at radius 1 is 1.03 bits per heavy atom. The number of anilines is 2. The SMILES string of the molecule is CCC(=O)Nc1cncc(-c2cnc3[nH]cc(-c4nc5c(N6CCCCC6)cncc5[nH]4)c3c2)c1. The zero-order chi connectivity index (χ0) is 23.8. The number of imidazole rings is 1. The second-order valence-corrected chi connectivity index (χ2v) is 8.87. The highest BCUT2D eigenvalue weighted by molar-refractivity contribution is 5.98. The second kappa shape index (κ2) is 8.83. The molecule has 0 bridgehead atoms. The molecule has 1 fully saturated rings. The van der Waals surface area contributed by atoms with Gasteiger partial charge in [-0.2, -0.15) is 0 Å². The highest BCUT2D eigenvalue weighted by atomic mass is 16.1. The lowest BCUT2D eigenvalue weighted by molar-refractivity contribution is -0.115. The number of piperidine rings is 1. The molecule has 5 aromatic rings. The van der Waals surface area contributed by atoms with Crippen molar-refractivity contribution >= 4 is 39.3 Å². The number of amides is 1. The first kappa shape index (κ1) is 21.3. The molecule has 6 heterocycles. The summed E-state index contributed by atoms with van der Waals surface area (Å²) in [6, 6.07) is 3.99. The van der Waals surface area contributed by atoms with Crippen LogP contribution in [-0.2, 0) is 4.79 Å². The lowest BCUT2D eigenvalue weighted by Gasteiger charge is -2.28. The topological polar surface area (TPSA) is 115 Å². The number of carbonyl (C=O) groups is 1. The van der Waals surface area contributed by atoms with Gasteiger partial charge in [0.05, 0.1) is 35.5 Å². The summed E-state index contributed by atoms with van der Waals surface area (Å²) >= 11 is 0. The van der Waals surface area contributed by atoms with Crippen LogP contribution in [0.4, 0.5) is 11.4 Å². The van der Waals surface area contributed by atoms with Crippen LogP contribution in [0.1, 0.15) is 32.6 Å². The summed E-state index contributed by atoms with van der Waals surface area (Å²) in [5.41, 5.74) is 7.12. The van der Waals surface area contributed by atoms with Gasteiger partial charge in [-0.1, -0.05) is 6.92 Å². The summed E-state index contributed by atoms with van der Waals surface area (Å²) in [6.45, 7) is 3.89. The third-order valence-corrected chi connectivity index (χ3v) is 6.53.